The highest BCUT2D eigenvalue weighted by atomic mass is 32.2. The maximum Gasteiger partial charge on any atom is 0.250 e. The lowest BCUT2D eigenvalue weighted by molar-refractivity contribution is -0.131. The van der Waals surface area contributed by atoms with Crippen molar-refractivity contribution in [2.75, 3.05) is 19.9 Å². The minimum atomic E-state index is -0.505. The van der Waals surface area contributed by atoms with Gasteiger partial charge in [0.2, 0.25) is 0 Å². The Morgan fingerprint density at radius 3 is 2.94 bits per heavy atom. The summed E-state index contributed by atoms with van der Waals surface area (Å²) in [6.45, 7) is 0.237. The number of thioether (sulfide) groups is 1. The molecule has 0 spiro atoms. The fourth-order valence-corrected chi connectivity index (χ4v) is 2.92. The topological polar surface area (TPSA) is 64.3 Å². The van der Waals surface area contributed by atoms with Crippen molar-refractivity contribution in [1.29, 1.82) is 0 Å². The Morgan fingerprint density at radius 2 is 2.38 bits per heavy atom. The van der Waals surface area contributed by atoms with Crippen molar-refractivity contribution in [2.24, 2.45) is 5.73 Å². The smallest absolute Gasteiger partial charge is 0.250 e. The molecule has 1 aliphatic rings. The number of carbonyl (C=O) groups excluding carboxylic acids is 1. The van der Waals surface area contributed by atoms with Gasteiger partial charge in [-0.1, -0.05) is 6.42 Å². The van der Waals surface area contributed by atoms with E-state index in [2.05, 4.69) is 11.6 Å². The second-order valence-electron chi connectivity index (χ2n) is 4.19. The molecule has 1 amide bonds. The summed E-state index contributed by atoms with van der Waals surface area (Å²) in [6.07, 6.45) is 6.22. The van der Waals surface area contributed by atoms with Crippen molar-refractivity contribution in [3.8, 4) is 0 Å². The van der Waals surface area contributed by atoms with E-state index in [0.29, 0.717) is 11.3 Å². The second-order valence-corrected chi connectivity index (χ2v) is 5.33. The normalized spacial score (nSPS) is 27.4. The fourth-order valence-electron chi connectivity index (χ4n) is 2.09. The number of nitrogens with two attached hydrogens (primary N) is 1. The molecular weight excluding hydrogens is 224 g/mol. The molecule has 5 heteroatoms. The molecular formula is C11H22N2O2S. The molecule has 1 fully saturated rings. The lowest BCUT2D eigenvalue weighted by Crippen LogP contribution is -2.47. The molecule has 94 valence electrons. The summed E-state index contributed by atoms with van der Waals surface area (Å²) in [6, 6.07) is 0.294. The molecule has 0 saturated heterocycles. The molecule has 1 saturated carbocycles. The van der Waals surface area contributed by atoms with E-state index in [-0.39, 0.29) is 12.5 Å². The molecule has 3 atom stereocenters. The molecule has 0 aromatic rings. The van der Waals surface area contributed by atoms with Crippen LogP contribution in [-0.4, -0.2) is 43.2 Å². The summed E-state index contributed by atoms with van der Waals surface area (Å²) in [5, 5.41) is 3.71. The minimum absolute atomic E-state index is 0.0725. The number of carbonyl (C=O) groups is 1. The monoisotopic (exact) mass is 246 g/mol. The molecule has 16 heavy (non-hydrogen) atoms. The first-order valence-electron chi connectivity index (χ1n) is 5.77. The van der Waals surface area contributed by atoms with Gasteiger partial charge in [0, 0.05) is 24.9 Å². The third kappa shape index (κ3) is 3.96. The Kier molecular flexibility index (Phi) is 6.16. The molecule has 3 N–H and O–H groups in total. The van der Waals surface area contributed by atoms with Crippen LogP contribution in [0.2, 0.25) is 0 Å². The van der Waals surface area contributed by atoms with Crippen molar-refractivity contribution < 1.29 is 9.53 Å². The zero-order valence-corrected chi connectivity index (χ0v) is 10.9. The maximum absolute atomic E-state index is 11.7. The predicted molar refractivity (Wildman–Crippen MR) is 67.6 cm³/mol. The lowest BCUT2D eigenvalue weighted by Gasteiger charge is -2.29. The first kappa shape index (κ1) is 13.8. The SMILES string of the molecule is COC(CN)C(=O)NC1CCCC(SC)C1. The van der Waals surface area contributed by atoms with Crippen LogP contribution in [0.1, 0.15) is 25.7 Å². The predicted octanol–water partition coefficient (Wildman–Crippen LogP) is 0.751. The van der Waals surface area contributed by atoms with Gasteiger partial charge in [-0.3, -0.25) is 4.79 Å². The second kappa shape index (κ2) is 7.14. The van der Waals surface area contributed by atoms with Gasteiger partial charge in [0.25, 0.3) is 5.91 Å². The van der Waals surface area contributed by atoms with Gasteiger partial charge >= 0.3 is 0 Å². The molecule has 4 nitrogen and oxygen atoms in total. The van der Waals surface area contributed by atoms with E-state index in [4.69, 9.17) is 10.5 Å². The van der Waals surface area contributed by atoms with Gasteiger partial charge in [0.05, 0.1) is 0 Å². The van der Waals surface area contributed by atoms with E-state index >= 15 is 0 Å². The number of amides is 1. The summed E-state index contributed by atoms with van der Waals surface area (Å²) >= 11 is 1.89. The highest BCUT2D eigenvalue weighted by Crippen LogP contribution is 2.26. The third-order valence-electron chi connectivity index (χ3n) is 3.10. The Morgan fingerprint density at radius 1 is 1.62 bits per heavy atom. The van der Waals surface area contributed by atoms with Crippen LogP contribution in [-0.2, 0) is 9.53 Å². The van der Waals surface area contributed by atoms with E-state index in [1.807, 2.05) is 11.8 Å². The molecule has 0 heterocycles. The van der Waals surface area contributed by atoms with Crippen molar-refractivity contribution in [3.63, 3.8) is 0 Å². The number of ether oxygens (including phenoxy) is 1. The highest BCUT2D eigenvalue weighted by Gasteiger charge is 2.25. The largest absolute Gasteiger partial charge is 0.370 e. The van der Waals surface area contributed by atoms with Crippen LogP contribution < -0.4 is 11.1 Å². The zero-order valence-electron chi connectivity index (χ0n) is 10.1. The van der Waals surface area contributed by atoms with Gasteiger partial charge in [0.1, 0.15) is 6.10 Å². The van der Waals surface area contributed by atoms with E-state index < -0.39 is 6.10 Å². The van der Waals surface area contributed by atoms with Crippen LogP contribution in [0, 0.1) is 0 Å². The quantitative estimate of drug-likeness (QED) is 0.751. The molecule has 3 unspecified atom stereocenters. The molecule has 0 radical (unpaired) electrons. The van der Waals surface area contributed by atoms with E-state index in [1.54, 1.807) is 0 Å². The zero-order chi connectivity index (χ0) is 12.0. The van der Waals surface area contributed by atoms with Crippen LogP contribution in [0.5, 0.6) is 0 Å². The van der Waals surface area contributed by atoms with Gasteiger partial charge in [-0.2, -0.15) is 11.8 Å². The highest BCUT2D eigenvalue weighted by molar-refractivity contribution is 7.99. The summed E-state index contributed by atoms with van der Waals surface area (Å²) in [7, 11) is 1.52. The Hall–Kier alpha value is -0.260. The van der Waals surface area contributed by atoms with Crippen molar-refractivity contribution in [2.45, 2.75) is 43.1 Å². The standard InChI is InChI=1S/C11H22N2O2S/c1-15-10(7-12)11(14)13-8-4-3-5-9(6-8)16-2/h8-10H,3-7,12H2,1-2H3,(H,13,14). The van der Waals surface area contributed by atoms with Crippen molar-refractivity contribution in [1.82, 2.24) is 5.32 Å². The molecule has 0 aliphatic heterocycles. The summed E-state index contributed by atoms with van der Waals surface area (Å²) < 4.78 is 5.01. The van der Waals surface area contributed by atoms with Crippen LogP contribution in [0.4, 0.5) is 0 Å². The average molecular weight is 246 g/mol. The maximum atomic E-state index is 11.7. The van der Waals surface area contributed by atoms with Gasteiger partial charge in [-0.15, -0.1) is 0 Å². The Balaban J connectivity index is 2.38. The first-order chi connectivity index (χ1) is 7.71. The number of hydrogen-bond donors (Lipinski definition) is 2. The Labute approximate surface area is 102 Å². The summed E-state index contributed by atoms with van der Waals surface area (Å²) in [5.74, 6) is -0.0725. The van der Waals surface area contributed by atoms with Gasteiger partial charge < -0.3 is 15.8 Å². The van der Waals surface area contributed by atoms with Gasteiger partial charge in [-0.05, 0) is 25.5 Å². The number of rotatable bonds is 5. The van der Waals surface area contributed by atoms with Crippen molar-refractivity contribution >= 4 is 17.7 Å². The minimum Gasteiger partial charge on any atom is -0.370 e. The summed E-state index contributed by atoms with van der Waals surface area (Å²) in [4.78, 5) is 11.7. The van der Waals surface area contributed by atoms with Crippen LogP contribution in [0.3, 0.4) is 0 Å². The van der Waals surface area contributed by atoms with Gasteiger partial charge in [-0.25, -0.2) is 0 Å². The molecule has 0 bridgehead atoms. The van der Waals surface area contributed by atoms with E-state index in [1.165, 1.54) is 20.0 Å². The van der Waals surface area contributed by atoms with Crippen LogP contribution >= 0.6 is 11.8 Å². The first-order valence-corrected chi connectivity index (χ1v) is 7.06. The molecule has 0 aromatic heterocycles. The number of nitrogens with one attached hydrogen (secondary N) is 1. The molecule has 1 aliphatic carbocycles. The number of methoxy groups -OCH3 is 1. The Bertz CT molecular complexity index is 222. The van der Waals surface area contributed by atoms with Crippen molar-refractivity contribution in [3.05, 3.63) is 0 Å². The van der Waals surface area contributed by atoms with Gasteiger partial charge in [0.15, 0.2) is 0 Å². The fraction of sp³-hybridized carbons (Fsp3) is 0.909. The molecule has 0 aromatic carbocycles. The molecule has 1 rings (SSSR count). The third-order valence-corrected chi connectivity index (χ3v) is 4.19. The summed E-state index contributed by atoms with van der Waals surface area (Å²) in [5.41, 5.74) is 5.45. The van der Waals surface area contributed by atoms with Crippen LogP contribution in [0.25, 0.3) is 0 Å². The number of hydrogen-bond acceptors (Lipinski definition) is 4. The van der Waals surface area contributed by atoms with E-state index in [0.717, 1.165) is 12.8 Å². The average Bonchev–Trinajstić information content (AvgIpc) is 2.31. The lowest BCUT2D eigenvalue weighted by atomic mass is 9.95. The van der Waals surface area contributed by atoms with Crippen LogP contribution in [0.15, 0.2) is 0 Å². The van der Waals surface area contributed by atoms with E-state index in [9.17, 15) is 4.79 Å².